The number of hydrogen-bond acceptors (Lipinski definition) is 4. The molecule has 2 aliphatic heterocycles. The van der Waals surface area contributed by atoms with E-state index < -0.39 is 0 Å². The molecule has 0 saturated carbocycles. The lowest BCUT2D eigenvalue weighted by molar-refractivity contribution is 0.167. The summed E-state index contributed by atoms with van der Waals surface area (Å²) in [7, 11) is 0. The highest BCUT2D eigenvalue weighted by Gasteiger charge is 2.26. The summed E-state index contributed by atoms with van der Waals surface area (Å²) in [5.41, 5.74) is 3.80. The van der Waals surface area contributed by atoms with Crippen LogP contribution in [0.2, 0.25) is 0 Å². The van der Waals surface area contributed by atoms with Gasteiger partial charge in [0.15, 0.2) is 0 Å². The second-order valence-corrected chi connectivity index (χ2v) is 8.86. The van der Waals surface area contributed by atoms with Crippen LogP contribution in [0.4, 0.5) is 10.5 Å². The number of urea groups is 1. The number of aryl methyl sites for hydroxylation is 1. The van der Waals surface area contributed by atoms with Crippen LogP contribution >= 0.6 is 0 Å². The van der Waals surface area contributed by atoms with E-state index in [9.17, 15) is 4.79 Å². The van der Waals surface area contributed by atoms with Gasteiger partial charge in [-0.1, -0.05) is 42.0 Å². The highest BCUT2D eigenvalue weighted by Crippen LogP contribution is 2.28. The van der Waals surface area contributed by atoms with E-state index in [0.29, 0.717) is 6.61 Å². The van der Waals surface area contributed by atoms with E-state index in [4.69, 9.17) is 4.74 Å². The minimum atomic E-state index is 0.0832. The molecule has 0 bridgehead atoms. The lowest BCUT2D eigenvalue weighted by atomic mass is 10.0. The van der Waals surface area contributed by atoms with Crippen LogP contribution in [0.1, 0.15) is 30.9 Å². The lowest BCUT2D eigenvalue weighted by Gasteiger charge is -2.38. The summed E-state index contributed by atoms with van der Waals surface area (Å²) in [5.74, 6) is 0.922. The minimum absolute atomic E-state index is 0.0832. The van der Waals surface area contributed by atoms with Gasteiger partial charge in [-0.05, 0) is 44.4 Å². The van der Waals surface area contributed by atoms with Crippen LogP contribution in [0.15, 0.2) is 48.5 Å². The van der Waals surface area contributed by atoms with Crippen molar-refractivity contribution < 1.29 is 9.53 Å². The van der Waals surface area contributed by atoms with Gasteiger partial charge in [-0.2, -0.15) is 0 Å². The van der Waals surface area contributed by atoms with Crippen LogP contribution in [0.5, 0.6) is 5.75 Å². The molecule has 32 heavy (non-hydrogen) atoms. The predicted molar refractivity (Wildman–Crippen MR) is 129 cm³/mol. The van der Waals surface area contributed by atoms with E-state index in [1.165, 1.54) is 11.1 Å². The summed E-state index contributed by atoms with van der Waals surface area (Å²) in [5, 5.41) is 3.29. The molecular weight excluding hydrogens is 400 g/mol. The Bertz CT molecular complexity index is 887. The molecule has 0 atom stereocenters. The fourth-order valence-electron chi connectivity index (χ4n) is 4.72. The van der Waals surface area contributed by atoms with E-state index in [-0.39, 0.29) is 12.1 Å². The normalized spacial score (nSPS) is 17.9. The largest absolute Gasteiger partial charge is 0.492 e. The summed E-state index contributed by atoms with van der Waals surface area (Å²) in [4.78, 5) is 19.6. The van der Waals surface area contributed by atoms with E-state index in [2.05, 4.69) is 52.4 Å². The third-order valence-corrected chi connectivity index (χ3v) is 6.48. The van der Waals surface area contributed by atoms with Gasteiger partial charge in [0.05, 0.1) is 12.3 Å². The number of rotatable bonds is 6. The van der Waals surface area contributed by atoms with Gasteiger partial charge in [0, 0.05) is 51.9 Å². The third kappa shape index (κ3) is 5.74. The summed E-state index contributed by atoms with van der Waals surface area (Å²) in [6.07, 6.45) is 2.03. The average Bonchev–Trinajstić information content (AvgIpc) is 2.81. The summed E-state index contributed by atoms with van der Waals surface area (Å²) < 4.78 is 5.78. The SMILES string of the molecule is CCOc1ccccc1N1CCN(C(=O)NC2CCN(Cc3cccc(C)c3)CC2)CC1. The van der Waals surface area contributed by atoms with Crippen LogP contribution in [0, 0.1) is 6.92 Å². The number of amides is 2. The van der Waals surface area contributed by atoms with Gasteiger partial charge in [-0.15, -0.1) is 0 Å². The number of hydrogen-bond donors (Lipinski definition) is 1. The van der Waals surface area contributed by atoms with Crippen LogP contribution in [0.3, 0.4) is 0 Å². The molecule has 2 heterocycles. The summed E-state index contributed by atoms with van der Waals surface area (Å²) in [6.45, 7) is 11.0. The van der Waals surface area contributed by atoms with Gasteiger partial charge in [-0.3, -0.25) is 4.90 Å². The molecule has 0 aliphatic carbocycles. The Labute approximate surface area is 192 Å². The predicted octanol–water partition coefficient (Wildman–Crippen LogP) is 3.89. The fraction of sp³-hybridized carbons (Fsp3) is 0.500. The average molecular weight is 437 g/mol. The Morgan fingerprint density at radius 1 is 1.00 bits per heavy atom. The monoisotopic (exact) mass is 436 g/mol. The van der Waals surface area contributed by atoms with Crippen molar-refractivity contribution >= 4 is 11.7 Å². The Morgan fingerprint density at radius 3 is 2.47 bits per heavy atom. The zero-order valence-electron chi connectivity index (χ0n) is 19.4. The molecule has 2 aromatic rings. The Morgan fingerprint density at radius 2 is 1.75 bits per heavy atom. The molecule has 1 N–H and O–H groups in total. The first kappa shape index (κ1) is 22.5. The second kappa shape index (κ2) is 10.7. The standard InChI is InChI=1S/C26H36N4O2/c1-3-32-25-10-5-4-9-24(25)29-15-17-30(18-16-29)26(31)27-23-11-13-28(14-12-23)20-22-8-6-7-21(2)19-22/h4-10,19,23H,3,11-18,20H2,1-2H3,(H,27,31). The number of carbonyl (C=O) groups excluding carboxylic acids is 1. The van der Waals surface area contributed by atoms with Gasteiger partial charge in [0.25, 0.3) is 0 Å². The molecule has 2 saturated heterocycles. The van der Waals surface area contributed by atoms with Gasteiger partial charge in [0.1, 0.15) is 5.75 Å². The molecule has 2 aliphatic rings. The smallest absolute Gasteiger partial charge is 0.317 e. The number of piperazine rings is 1. The zero-order chi connectivity index (χ0) is 22.3. The van der Waals surface area contributed by atoms with Crippen LogP contribution in [-0.4, -0.2) is 67.7 Å². The van der Waals surface area contributed by atoms with Gasteiger partial charge in [0.2, 0.25) is 0 Å². The second-order valence-electron chi connectivity index (χ2n) is 8.86. The Kier molecular flexibility index (Phi) is 7.53. The van der Waals surface area contributed by atoms with E-state index in [0.717, 1.165) is 70.1 Å². The molecule has 2 amide bonds. The Balaban J connectivity index is 1.21. The van der Waals surface area contributed by atoms with Crippen LogP contribution < -0.4 is 15.0 Å². The molecule has 0 aromatic heterocycles. The maximum Gasteiger partial charge on any atom is 0.317 e. The number of ether oxygens (including phenoxy) is 1. The highest BCUT2D eigenvalue weighted by atomic mass is 16.5. The number of para-hydroxylation sites is 2. The van der Waals surface area contributed by atoms with Crippen LogP contribution in [0.25, 0.3) is 0 Å². The number of carbonyl (C=O) groups is 1. The zero-order valence-corrected chi connectivity index (χ0v) is 19.4. The Hall–Kier alpha value is -2.73. The summed E-state index contributed by atoms with van der Waals surface area (Å²) >= 11 is 0. The number of anilines is 1. The molecule has 0 spiro atoms. The number of nitrogens with one attached hydrogen (secondary N) is 1. The fourth-order valence-corrected chi connectivity index (χ4v) is 4.72. The number of benzene rings is 2. The topological polar surface area (TPSA) is 48.1 Å². The lowest BCUT2D eigenvalue weighted by Crippen LogP contribution is -2.54. The van der Waals surface area contributed by atoms with Crippen molar-refractivity contribution in [2.45, 2.75) is 39.3 Å². The molecule has 2 fully saturated rings. The molecule has 2 aromatic carbocycles. The van der Waals surface area contributed by atoms with E-state index in [1.54, 1.807) is 0 Å². The van der Waals surface area contributed by atoms with Crippen molar-refractivity contribution in [3.8, 4) is 5.75 Å². The van der Waals surface area contributed by atoms with Crippen molar-refractivity contribution in [2.24, 2.45) is 0 Å². The maximum absolute atomic E-state index is 12.8. The molecule has 6 heteroatoms. The molecule has 6 nitrogen and oxygen atoms in total. The van der Waals surface area contributed by atoms with Gasteiger partial charge >= 0.3 is 6.03 Å². The van der Waals surface area contributed by atoms with E-state index >= 15 is 0 Å². The molecule has 0 unspecified atom stereocenters. The molecule has 4 rings (SSSR count). The third-order valence-electron chi connectivity index (χ3n) is 6.48. The summed E-state index contributed by atoms with van der Waals surface area (Å²) in [6, 6.07) is 17.3. The maximum atomic E-state index is 12.8. The molecular formula is C26H36N4O2. The quantitative estimate of drug-likeness (QED) is 0.746. The van der Waals surface area contributed by atoms with Gasteiger partial charge in [-0.25, -0.2) is 4.79 Å². The molecule has 0 radical (unpaired) electrons. The van der Waals surface area contributed by atoms with Gasteiger partial charge < -0.3 is 19.9 Å². The first-order valence-corrected chi connectivity index (χ1v) is 11.9. The highest BCUT2D eigenvalue weighted by molar-refractivity contribution is 5.75. The minimum Gasteiger partial charge on any atom is -0.492 e. The molecule has 172 valence electrons. The van der Waals surface area contributed by atoms with Crippen molar-refractivity contribution in [1.29, 1.82) is 0 Å². The van der Waals surface area contributed by atoms with Crippen molar-refractivity contribution in [1.82, 2.24) is 15.1 Å². The van der Waals surface area contributed by atoms with Crippen LogP contribution in [-0.2, 0) is 6.54 Å². The van der Waals surface area contributed by atoms with E-state index in [1.807, 2.05) is 30.0 Å². The first-order chi connectivity index (χ1) is 15.6. The van der Waals surface area contributed by atoms with Crippen molar-refractivity contribution in [2.75, 3.05) is 50.8 Å². The number of piperidine rings is 1. The van der Waals surface area contributed by atoms with Crippen molar-refractivity contribution in [3.05, 3.63) is 59.7 Å². The van der Waals surface area contributed by atoms with Crippen molar-refractivity contribution in [3.63, 3.8) is 0 Å². The first-order valence-electron chi connectivity index (χ1n) is 11.9. The number of likely N-dealkylation sites (tertiary alicyclic amines) is 1. The number of nitrogens with zero attached hydrogens (tertiary/aromatic N) is 3.